The van der Waals surface area contributed by atoms with Gasteiger partial charge in [0.05, 0.1) is 12.1 Å². The lowest BCUT2D eigenvalue weighted by Gasteiger charge is -2.37. The summed E-state index contributed by atoms with van der Waals surface area (Å²) in [6, 6.07) is 2.39. The normalized spacial score (nSPS) is 21.1. The molecule has 0 aliphatic carbocycles. The van der Waals surface area contributed by atoms with Gasteiger partial charge in [0.1, 0.15) is 10.5 Å². The van der Waals surface area contributed by atoms with E-state index in [0.717, 1.165) is 31.7 Å². The monoisotopic (exact) mass is 307 g/mol. The number of piperazine rings is 1. The molecule has 2 N–H and O–H groups in total. The van der Waals surface area contributed by atoms with Gasteiger partial charge in [0.15, 0.2) is 0 Å². The molecule has 21 heavy (non-hydrogen) atoms. The Labute approximate surface area is 127 Å². The largest absolute Gasteiger partial charge is 0.308 e. The zero-order chi connectivity index (χ0) is 14.8. The number of rotatable bonds is 4. The van der Waals surface area contributed by atoms with Crippen molar-refractivity contribution in [2.75, 3.05) is 40.3 Å². The van der Waals surface area contributed by atoms with Gasteiger partial charge in [0.2, 0.25) is 0 Å². The Bertz CT molecular complexity index is 667. The van der Waals surface area contributed by atoms with E-state index in [0.29, 0.717) is 23.1 Å². The molecule has 114 valence electrons. The summed E-state index contributed by atoms with van der Waals surface area (Å²) in [5.41, 5.74) is 0.747. The van der Waals surface area contributed by atoms with Crippen molar-refractivity contribution in [3.63, 3.8) is 0 Å². The van der Waals surface area contributed by atoms with Crippen LogP contribution in [0.25, 0.3) is 10.2 Å². The molecule has 1 aliphatic rings. The fraction of sp³-hybridized carbons (Fsp3) is 0.571. The molecule has 2 aromatic rings. The predicted molar refractivity (Wildman–Crippen MR) is 85.9 cm³/mol. The van der Waals surface area contributed by atoms with Gasteiger partial charge in [-0.2, -0.15) is 0 Å². The molecule has 0 bridgehead atoms. The van der Waals surface area contributed by atoms with E-state index in [9.17, 15) is 4.79 Å². The van der Waals surface area contributed by atoms with Crippen LogP contribution in [0.4, 0.5) is 0 Å². The lowest BCUT2D eigenvalue weighted by Crippen LogP contribution is -2.53. The number of hydrogen-bond acceptors (Lipinski definition) is 6. The summed E-state index contributed by atoms with van der Waals surface area (Å²) in [5.74, 6) is 0.706. The first-order valence-corrected chi connectivity index (χ1v) is 8.07. The summed E-state index contributed by atoms with van der Waals surface area (Å²) in [6.07, 6.45) is 0. The van der Waals surface area contributed by atoms with Crippen molar-refractivity contribution < 1.29 is 0 Å². The standard InChI is InChI=1S/C14H21N5OS/c1-18-4-5-19(2)10(9-18)7-15-8-12-16-11-3-6-21-13(11)14(20)17-12/h3,6,10,15H,4-5,7-9H2,1-2H3,(H,16,17,20). The van der Waals surface area contributed by atoms with E-state index >= 15 is 0 Å². The first-order chi connectivity index (χ1) is 10.1. The molecular weight excluding hydrogens is 286 g/mol. The first-order valence-electron chi connectivity index (χ1n) is 7.19. The molecule has 7 heteroatoms. The van der Waals surface area contributed by atoms with Crippen LogP contribution in [0, 0.1) is 0 Å². The number of nitrogens with one attached hydrogen (secondary N) is 2. The Hall–Kier alpha value is -1.28. The number of aromatic nitrogens is 2. The summed E-state index contributed by atoms with van der Waals surface area (Å²) < 4.78 is 0.701. The molecule has 6 nitrogen and oxygen atoms in total. The van der Waals surface area contributed by atoms with Crippen molar-refractivity contribution in [1.29, 1.82) is 0 Å². The zero-order valence-electron chi connectivity index (χ0n) is 12.4. The quantitative estimate of drug-likeness (QED) is 0.852. The SMILES string of the molecule is CN1CCN(C)C(CNCc2nc3ccsc3c(=O)[nH]2)C1. The highest BCUT2D eigenvalue weighted by molar-refractivity contribution is 7.17. The minimum absolute atomic E-state index is 0.0404. The molecule has 0 aromatic carbocycles. The van der Waals surface area contributed by atoms with Gasteiger partial charge in [0.25, 0.3) is 5.56 Å². The molecule has 3 rings (SSSR count). The number of likely N-dealkylation sites (N-methyl/N-ethyl adjacent to an activating group) is 2. The minimum Gasteiger partial charge on any atom is -0.308 e. The Balaban J connectivity index is 1.60. The number of nitrogens with zero attached hydrogens (tertiary/aromatic N) is 3. The van der Waals surface area contributed by atoms with Crippen molar-refractivity contribution in [3.05, 3.63) is 27.6 Å². The highest BCUT2D eigenvalue weighted by atomic mass is 32.1. The zero-order valence-corrected chi connectivity index (χ0v) is 13.2. The van der Waals surface area contributed by atoms with E-state index < -0.39 is 0 Å². The van der Waals surface area contributed by atoms with Gasteiger partial charge in [-0.15, -0.1) is 11.3 Å². The van der Waals surface area contributed by atoms with Crippen molar-refractivity contribution in [2.24, 2.45) is 0 Å². The average molecular weight is 307 g/mol. The molecule has 1 atom stereocenters. The van der Waals surface area contributed by atoms with Gasteiger partial charge in [0, 0.05) is 32.2 Å². The smallest absolute Gasteiger partial charge is 0.268 e. The molecule has 0 amide bonds. The second-order valence-electron chi connectivity index (χ2n) is 5.68. The van der Waals surface area contributed by atoms with E-state index in [1.165, 1.54) is 11.3 Å². The van der Waals surface area contributed by atoms with E-state index in [1.807, 2.05) is 11.4 Å². The van der Waals surface area contributed by atoms with E-state index in [2.05, 4.69) is 39.2 Å². The average Bonchev–Trinajstić information content (AvgIpc) is 2.91. The van der Waals surface area contributed by atoms with Crippen molar-refractivity contribution in [1.82, 2.24) is 25.1 Å². The molecule has 1 saturated heterocycles. The Morgan fingerprint density at radius 3 is 3.19 bits per heavy atom. The predicted octanol–water partition coefficient (Wildman–Crippen LogP) is 0.320. The topological polar surface area (TPSA) is 64.3 Å². The molecule has 1 aliphatic heterocycles. The van der Waals surface area contributed by atoms with Crippen LogP contribution in [-0.2, 0) is 6.54 Å². The van der Waals surface area contributed by atoms with Gasteiger partial charge < -0.3 is 15.2 Å². The number of thiophene rings is 1. The fourth-order valence-corrected chi connectivity index (χ4v) is 3.41. The minimum atomic E-state index is -0.0404. The summed E-state index contributed by atoms with van der Waals surface area (Å²) >= 11 is 1.43. The van der Waals surface area contributed by atoms with Gasteiger partial charge in [-0.3, -0.25) is 9.69 Å². The maximum absolute atomic E-state index is 11.9. The Kier molecular flexibility index (Phi) is 4.34. The van der Waals surface area contributed by atoms with Crippen LogP contribution in [0.2, 0.25) is 0 Å². The Morgan fingerprint density at radius 1 is 1.48 bits per heavy atom. The van der Waals surface area contributed by atoms with Crippen LogP contribution >= 0.6 is 11.3 Å². The van der Waals surface area contributed by atoms with E-state index in [1.54, 1.807) is 0 Å². The maximum atomic E-state index is 11.9. The second-order valence-corrected chi connectivity index (χ2v) is 6.59. The summed E-state index contributed by atoms with van der Waals surface area (Å²) in [4.78, 5) is 24.0. The van der Waals surface area contributed by atoms with Crippen molar-refractivity contribution >= 4 is 21.6 Å². The third-order valence-electron chi connectivity index (χ3n) is 4.02. The van der Waals surface area contributed by atoms with Crippen LogP contribution in [-0.4, -0.2) is 66.1 Å². The van der Waals surface area contributed by atoms with Gasteiger partial charge in [-0.25, -0.2) is 4.98 Å². The summed E-state index contributed by atoms with van der Waals surface area (Å²) in [7, 11) is 4.32. The highest BCUT2D eigenvalue weighted by Gasteiger charge is 2.21. The first kappa shape index (κ1) is 14.6. The molecule has 3 heterocycles. The van der Waals surface area contributed by atoms with E-state index in [4.69, 9.17) is 0 Å². The van der Waals surface area contributed by atoms with Crippen molar-refractivity contribution in [3.8, 4) is 0 Å². The second kappa shape index (κ2) is 6.23. The van der Waals surface area contributed by atoms with Crippen LogP contribution in [0.5, 0.6) is 0 Å². The molecule has 2 aromatic heterocycles. The molecule has 1 fully saturated rings. The highest BCUT2D eigenvalue weighted by Crippen LogP contribution is 2.13. The van der Waals surface area contributed by atoms with Gasteiger partial charge in [-0.05, 0) is 25.5 Å². The lowest BCUT2D eigenvalue weighted by molar-refractivity contribution is 0.113. The Morgan fingerprint density at radius 2 is 2.33 bits per heavy atom. The van der Waals surface area contributed by atoms with Gasteiger partial charge >= 0.3 is 0 Å². The molecule has 0 saturated carbocycles. The lowest BCUT2D eigenvalue weighted by atomic mass is 10.2. The molecular formula is C14H21N5OS. The number of aromatic amines is 1. The molecule has 1 unspecified atom stereocenters. The molecule has 0 spiro atoms. The number of hydrogen-bond donors (Lipinski definition) is 2. The van der Waals surface area contributed by atoms with E-state index in [-0.39, 0.29) is 5.56 Å². The third kappa shape index (κ3) is 3.32. The number of H-pyrrole nitrogens is 1. The molecule has 0 radical (unpaired) electrons. The third-order valence-corrected chi connectivity index (χ3v) is 4.92. The van der Waals surface area contributed by atoms with Crippen molar-refractivity contribution in [2.45, 2.75) is 12.6 Å². The number of fused-ring (bicyclic) bond motifs is 1. The summed E-state index contributed by atoms with van der Waals surface area (Å²) in [5, 5.41) is 5.31. The summed E-state index contributed by atoms with van der Waals surface area (Å²) in [6.45, 7) is 4.77. The fourth-order valence-electron chi connectivity index (χ4n) is 2.68. The van der Waals surface area contributed by atoms with Crippen LogP contribution in [0.15, 0.2) is 16.2 Å². The van der Waals surface area contributed by atoms with Gasteiger partial charge in [-0.1, -0.05) is 0 Å². The maximum Gasteiger partial charge on any atom is 0.268 e. The van der Waals surface area contributed by atoms with Crippen LogP contribution < -0.4 is 10.9 Å². The van der Waals surface area contributed by atoms with Crippen LogP contribution in [0.3, 0.4) is 0 Å². The van der Waals surface area contributed by atoms with Crippen LogP contribution in [0.1, 0.15) is 5.82 Å².